The van der Waals surface area contributed by atoms with Gasteiger partial charge in [-0.2, -0.15) is 0 Å². The molecule has 4 N–H and O–H groups in total. The van der Waals surface area contributed by atoms with Gasteiger partial charge in [0.1, 0.15) is 6.10 Å². The van der Waals surface area contributed by atoms with Crippen LogP contribution >= 0.6 is 0 Å². The number of carbonyl (C=O) groups is 3. The molecule has 3 rings (SSSR count). The van der Waals surface area contributed by atoms with Crippen LogP contribution in [0.15, 0.2) is 23.9 Å². The number of hydrogen-bond acceptors (Lipinski definition) is 8. The first kappa shape index (κ1) is 28.5. The van der Waals surface area contributed by atoms with Crippen LogP contribution in [0.1, 0.15) is 77.6 Å². The lowest BCUT2D eigenvalue weighted by Crippen LogP contribution is -2.63. The quantitative estimate of drug-likeness (QED) is 0.206. The molecule has 2 bridgehead atoms. The average molecular weight is 508 g/mol. The number of fused-ring (bicyclic) bond motifs is 1. The number of ether oxygens (including phenoxy) is 1. The molecule has 2 saturated heterocycles. The smallest absolute Gasteiger partial charge is 0.303 e. The fraction of sp³-hybridized carbons (Fsp3) is 0.741. The van der Waals surface area contributed by atoms with Crippen molar-refractivity contribution in [2.75, 3.05) is 13.6 Å². The molecule has 2 heterocycles. The predicted molar refractivity (Wildman–Crippen MR) is 132 cm³/mol. The number of aliphatic hydroxyl groups excluding tert-OH is 2. The van der Waals surface area contributed by atoms with Gasteiger partial charge in [-0.15, -0.1) is 0 Å². The van der Waals surface area contributed by atoms with E-state index >= 15 is 0 Å². The summed E-state index contributed by atoms with van der Waals surface area (Å²) in [5, 5.41) is 41.5. The normalized spacial score (nSPS) is 32.5. The molecule has 9 heteroatoms. The van der Waals surface area contributed by atoms with Gasteiger partial charge in [0.15, 0.2) is 5.78 Å². The highest BCUT2D eigenvalue weighted by Gasteiger charge is 2.67. The molecule has 1 unspecified atom stereocenters. The van der Waals surface area contributed by atoms with Gasteiger partial charge in [-0.3, -0.25) is 14.4 Å². The maximum absolute atomic E-state index is 13.0. The molecule has 2 fully saturated rings. The van der Waals surface area contributed by atoms with E-state index in [1.165, 1.54) is 6.08 Å². The van der Waals surface area contributed by atoms with Crippen molar-refractivity contribution in [3.8, 4) is 0 Å². The van der Waals surface area contributed by atoms with Crippen LogP contribution < -0.4 is 0 Å². The van der Waals surface area contributed by atoms with Crippen LogP contribution in [0.5, 0.6) is 0 Å². The Morgan fingerprint density at radius 2 is 1.92 bits per heavy atom. The zero-order chi connectivity index (χ0) is 26.5. The average Bonchev–Trinajstić information content (AvgIpc) is 3.03. The number of aliphatic hydroxyl groups is 3. The van der Waals surface area contributed by atoms with Gasteiger partial charge in [-0.25, -0.2) is 0 Å². The topological polar surface area (TPSA) is 145 Å². The van der Waals surface area contributed by atoms with Crippen LogP contribution in [0.4, 0.5) is 0 Å². The third-order valence-electron chi connectivity index (χ3n) is 8.01. The molecular weight excluding hydrogens is 466 g/mol. The summed E-state index contributed by atoms with van der Waals surface area (Å²) in [4.78, 5) is 38.2. The van der Waals surface area contributed by atoms with Gasteiger partial charge in [0.2, 0.25) is 11.6 Å². The maximum atomic E-state index is 13.0. The number of likely N-dealkylation sites (tertiary alicyclic amines) is 1. The van der Waals surface area contributed by atoms with E-state index in [-0.39, 0.29) is 31.6 Å². The highest BCUT2D eigenvalue weighted by atomic mass is 16.6. The Labute approximate surface area is 212 Å². The van der Waals surface area contributed by atoms with E-state index in [0.29, 0.717) is 31.5 Å². The molecule has 3 aliphatic rings. The number of likely N-dealkylation sites (N-methyl/N-ethyl adjacent to an activating group) is 1. The lowest BCUT2D eigenvalue weighted by Gasteiger charge is -2.55. The molecule has 0 aromatic heterocycles. The van der Waals surface area contributed by atoms with Gasteiger partial charge in [-0.05, 0) is 25.7 Å². The Bertz CT molecular complexity index is 885. The van der Waals surface area contributed by atoms with E-state index in [4.69, 9.17) is 9.84 Å². The number of aliphatic carboxylic acids is 1. The molecule has 6 atom stereocenters. The van der Waals surface area contributed by atoms with Crippen molar-refractivity contribution >= 4 is 17.5 Å². The SMILES string of the molecule is CC/C=C\C[C@@H]1[C@H](CC(=O)[C@@H](O)CCCCCCCC(=O)O)O[C@]2(O)CC13C(=CC2=O)N(C)C[C@@H]3O. The summed E-state index contributed by atoms with van der Waals surface area (Å²) < 4.78 is 5.91. The number of hydrogen-bond donors (Lipinski definition) is 4. The summed E-state index contributed by atoms with van der Waals surface area (Å²) in [7, 11) is 1.81. The highest BCUT2D eigenvalue weighted by molar-refractivity contribution is 5.98. The van der Waals surface area contributed by atoms with Crippen LogP contribution in [-0.2, 0) is 19.1 Å². The highest BCUT2D eigenvalue weighted by Crippen LogP contribution is 2.59. The minimum Gasteiger partial charge on any atom is -0.481 e. The lowest BCUT2D eigenvalue weighted by molar-refractivity contribution is -0.287. The van der Waals surface area contributed by atoms with Crippen molar-refractivity contribution in [2.45, 2.75) is 102 Å². The molecule has 202 valence electrons. The minimum absolute atomic E-state index is 0.0596. The van der Waals surface area contributed by atoms with Crippen molar-refractivity contribution in [2.24, 2.45) is 11.3 Å². The summed E-state index contributed by atoms with van der Waals surface area (Å²) in [6.07, 6.45) is 7.73. The molecule has 1 spiro atoms. The molecule has 1 aliphatic carbocycles. The number of ketones is 2. The summed E-state index contributed by atoms with van der Waals surface area (Å²) in [6, 6.07) is 0. The van der Waals surface area contributed by atoms with E-state index in [0.717, 1.165) is 25.7 Å². The fourth-order valence-corrected chi connectivity index (χ4v) is 6.15. The van der Waals surface area contributed by atoms with Gasteiger partial charge in [0.25, 0.3) is 0 Å². The third-order valence-corrected chi connectivity index (χ3v) is 8.01. The van der Waals surface area contributed by atoms with Crippen LogP contribution in [-0.4, -0.2) is 80.6 Å². The number of carboxylic acids is 1. The van der Waals surface area contributed by atoms with Gasteiger partial charge >= 0.3 is 5.97 Å². The van der Waals surface area contributed by atoms with Crippen LogP contribution in [0.25, 0.3) is 0 Å². The molecular formula is C27H41NO8. The Balaban J connectivity index is 1.70. The van der Waals surface area contributed by atoms with E-state index in [9.17, 15) is 29.7 Å². The Morgan fingerprint density at radius 1 is 1.22 bits per heavy atom. The van der Waals surface area contributed by atoms with Crippen molar-refractivity contribution in [1.29, 1.82) is 0 Å². The molecule has 0 saturated carbocycles. The number of carbonyl (C=O) groups excluding carboxylic acids is 2. The number of rotatable bonds is 14. The number of unbranched alkanes of at least 4 members (excludes halogenated alkanes) is 4. The van der Waals surface area contributed by atoms with Crippen molar-refractivity contribution in [3.63, 3.8) is 0 Å². The van der Waals surface area contributed by atoms with Gasteiger partial charge in [0, 0.05) is 56.0 Å². The largest absolute Gasteiger partial charge is 0.481 e. The predicted octanol–water partition coefficient (Wildman–Crippen LogP) is 2.33. The zero-order valence-corrected chi connectivity index (χ0v) is 21.4. The molecule has 2 aliphatic heterocycles. The molecule has 0 aromatic carbocycles. The Kier molecular flexibility index (Phi) is 9.49. The lowest BCUT2D eigenvalue weighted by atomic mass is 9.58. The van der Waals surface area contributed by atoms with Crippen molar-refractivity contribution in [3.05, 3.63) is 23.9 Å². The monoisotopic (exact) mass is 507 g/mol. The number of β-amino-alcohol motifs (C(OH)–C–C–N with tert-alkyl or cyclic N) is 1. The summed E-state index contributed by atoms with van der Waals surface area (Å²) in [6.45, 7) is 2.33. The number of nitrogens with zero attached hydrogens (tertiary/aromatic N) is 1. The van der Waals surface area contributed by atoms with Crippen molar-refractivity contribution < 1.29 is 39.5 Å². The molecule has 0 radical (unpaired) electrons. The number of Topliss-reactive ketones (excluding diaryl/α,β-unsaturated/α-hetero) is 1. The van der Waals surface area contributed by atoms with Crippen LogP contribution in [0.2, 0.25) is 0 Å². The standard InChI is InChI=1S/C27H41NO8/c1-3-4-8-11-18-21(14-20(30)19(29)12-9-6-5-7-10-13-25(33)34)36-27(35)17-26(18)22(15-23(27)31)28(2)16-24(26)32/h4,8,15,18-19,21,24,29,32,35H,3,5-7,9-14,16-17H2,1-2H3,(H,33,34)/b8-4-/t18-,19+,21+,24+,26?,27-/m1/s1. The Morgan fingerprint density at radius 3 is 2.61 bits per heavy atom. The van der Waals surface area contributed by atoms with E-state index in [2.05, 4.69) is 0 Å². The van der Waals surface area contributed by atoms with Gasteiger partial charge in [-0.1, -0.05) is 44.8 Å². The summed E-state index contributed by atoms with van der Waals surface area (Å²) >= 11 is 0. The zero-order valence-electron chi connectivity index (χ0n) is 21.4. The third kappa shape index (κ3) is 5.90. The summed E-state index contributed by atoms with van der Waals surface area (Å²) in [5.41, 5.74) is -0.247. The number of carboxylic acid groups (broad SMARTS) is 1. The second-order valence-corrected chi connectivity index (χ2v) is 10.6. The molecule has 0 amide bonds. The molecule has 36 heavy (non-hydrogen) atoms. The van der Waals surface area contributed by atoms with Gasteiger partial charge < -0.3 is 30.1 Å². The van der Waals surface area contributed by atoms with E-state index < -0.39 is 47.0 Å². The second-order valence-electron chi connectivity index (χ2n) is 10.6. The Hall–Kier alpha value is -2.07. The molecule has 0 aromatic rings. The second kappa shape index (κ2) is 12.0. The van der Waals surface area contributed by atoms with E-state index in [1.807, 2.05) is 24.0 Å². The first-order chi connectivity index (χ1) is 17.0. The molecule has 9 nitrogen and oxygen atoms in total. The minimum atomic E-state index is -2.10. The first-order valence-electron chi connectivity index (χ1n) is 13.2. The fourth-order valence-electron chi connectivity index (χ4n) is 6.15. The first-order valence-corrected chi connectivity index (χ1v) is 13.2. The van der Waals surface area contributed by atoms with Crippen LogP contribution in [0, 0.1) is 11.3 Å². The summed E-state index contributed by atoms with van der Waals surface area (Å²) in [5.74, 6) is -4.26. The van der Waals surface area contributed by atoms with Crippen molar-refractivity contribution in [1.82, 2.24) is 4.90 Å². The maximum Gasteiger partial charge on any atom is 0.303 e. The van der Waals surface area contributed by atoms with E-state index in [1.54, 1.807) is 7.05 Å². The number of allylic oxidation sites excluding steroid dienone is 2. The van der Waals surface area contributed by atoms with Gasteiger partial charge in [0.05, 0.1) is 12.2 Å². The van der Waals surface area contributed by atoms with Crippen LogP contribution in [0.3, 0.4) is 0 Å².